The van der Waals surface area contributed by atoms with E-state index >= 15 is 0 Å². The zero-order chi connectivity index (χ0) is 13.0. The van der Waals surface area contributed by atoms with Crippen LogP contribution in [0.15, 0.2) is 24.3 Å². The first kappa shape index (κ1) is 11.5. The van der Waals surface area contributed by atoms with E-state index in [2.05, 4.69) is 29.6 Å². The van der Waals surface area contributed by atoms with E-state index in [1.54, 1.807) is 0 Å². The molecule has 0 spiro atoms. The summed E-state index contributed by atoms with van der Waals surface area (Å²) in [6, 6.07) is 9.27. The summed E-state index contributed by atoms with van der Waals surface area (Å²) in [5, 5.41) is 3.26. The fourth-order valence-electron chi connectivity index (χ4n) is 4.08. The molecule has 4 rings (SSSR count). The number of hydrogen-bond acceptors (Lipinski definition) is 2. The maximum absolute atomic E-state index is 12.2. The Balaban J connectivity index is 1.41. The van der Waals surface area contributed by atoms with Crippen LogP contribution in [0.2, 0.25) is 0 Å². The van der Waals surface area contributed by atoms with Gasteiger partial charge in [0.1, 0.15) is 0 Å². The first-order valence-electron chi connectivity index (χ1n) is 7.38. The predicted octanol–water partition coefficient (Wildman–Crippen LogP) is 1.57. The van der Waals surface area contributed by atoms with Gasteiger partial charge in [0.25, 0.3) is 0 Å². The molecule has 5 unspecified atom stereocenters. The second-order valence-electron chi connectivity index (χ2n) is 6.40. The Labute approximate surface area is 113 Å². The number of fused-ring (bicyclic) bond motifs is 3. The van der Waals surface area contributed by atoms with Crippen molar-refractivity contribution >= 4 is 5.91 Å². The van der Waals surface area contributed by atoms with Gasteiger partial charge in [-0.25, -0.2) is 0 Å². The number of carbonyl (C=O) groups excluding carboxylic acids is 1. The molecule has 5 atom stereocenters. The Bertz CT molecular complexity index is 527. The minimum absolute atomic E-state index is 0.159. The van der Waals surface area contributed by atoms with Gasteiger partial charge in [0.05, 0.1) is 0 Å². The van der Waals surface area contributed by atoms with Crippen LogP contribution in [-0.2, 0) is 11.2 Å². The lowest BCUT2D eigenvalue weighted by Gasteiger charge is -2.13. The highest BCUT2D eigenvalue weighted by molar-refractivity contribution is 5.80. The predicted molar refractivity (Wildman–Crippen MR) is 73.6 cm³/mol. The average molecular weight is 256 g/mol. The van der Waals surface area contributed by atoms with Gasteiger partial charge in [-0.15, -0.1) is 0 Å². The maximum Gasteiger partial charge on any atom is 0.223 e. The summed E-state index contributed by atoms with van der Waals surface area (Å²) in [7, 11) is 0. The number of rotatable bonds is 2. The van der Waals surface area contributed by atoms with Crippen molar-refractivity contribution in [2.75, 3.05) is 0 Å². The van der Waals surface area contributed by atoms with Crippen molar-refractivity contribution < 1.29 is 4.79 Å². The number of benzene rings is 1. The van der Waals surface area contributed by atoms with Gasteiger partial charge in [0.2, 0.25) is 5.91 Å². The summed E-state index contributed by atoms with van der Waals surface area (Å²) in [6.45, 7) is 0. The van der Waals surface area contributed by atoms with Gasteiger partial charge >= 0.3 is 0 Å². The van der Waals surface area contributed by atoms with Crippen LogP contribution in [0.3, 0.4) is 0 Å². The van der Waals surface area contributed by atoms with Gasteiger partial charge in [-0.3, -0.25) is 4.79 Å². The van der Waals surface area contributed by atoms with Crippen LogP contribution in [-0.4, -0.2) is 18.0 Å². The van der Waals surface area contributed by atoms with E-state index < -0.39 is 0 Å². The molecule has 0 radical (unpaired) electrons. The topological polar surface area (TPSA) is 55.1 Å². The molecule has 0 aromatic heterocycles. The molecule has 2 saturated carbocycles. The third kappa shape index (κ3) is 1.79. The molecule has 2 fully saturated rings. The molecule has 0 bridgehead atoms. The summed E-state index contributed by atoms with van der Waals surface area (Å²) in [5.74, 6) is 1.63. The lowest BCUT2D eigenvalue weighted by atomic mass is 10.0. The Kier molecular flexibility index (Phi) is 2.46. The van der Waals surface area contributed by atoms with E-state index in [0.717, 1.165) is 25.7 Å². The van der Waals surface area contributed by atoms with Crippen molar-refractivity contribution in [3.63, 3.8) is 0 Å². The van der Waals surface area contributed by atoms with Crippen LogP contribution in [0.5, 0.6) is 0 Å². The monoisotopic (exact) mass is 256 g/mol. The van der Waals surface area contributed by atoms with Gasteiger partial charge in [-0.2, -0.15) is 0 Å². The Hall–Kier alpha value is -1.35. The molecule has 3 N–H and O–H groups in total. The average Bonchev–Trinajstić information content (AvgIpc) is 2.79. The van der Waals surface area contributed by atoms with Crippen LogP contribution in [0.4, 0.5) is 0 Å². The molecule has 19 heavy (non-hydrogen) atoms. The number of hydrogen-bond donors (Lipinski definition) is 2. The van der Waals surface area contributed by atoms with Crippen molar-refractivity contribution in [1.82, 2.24) is 5.32 Å². The Morgan fingerprint density at radius 1 is 1.26 bits per heavy atom. The standard InChI is InChI=1S/C16H20N2O/c17-11-6-5-10(7-11)16(19)18-15-13-8-9-3-1-2-4-12(9)14(13)15/h1-4,10-11,13-15H,5-8,17H2,(H,18,19). The van der Waals surface area contributed by atoms with Crippen molar-refractivity contribution in [2.24, 2.45) is 17.6 Å². The zero-order valence-electron chi connectivity index (χ0n) is 11.0. The highest BCUT2D eigenvalue weighted by Crippen LogP contribution is 2.56. The molecule has 3 aliphatic rings. The molecule has 0 heterocycles. The van der Waals surface area contributed by atoms with Crippen LogP contribution in [0.25, 0.3) is 0 Å². The van der Waals surface area contributed by atoms with E-state index in [-0.39, 0.29) is 17.9 Å². The molecule has 3 aliphatic carbocycles. The first-order chi connectivity index (χ1) is 9.24. The second kappa shape index (κ2) is 4.07. The fraction of sp³-hybridized carbons (Fsp3) is 0.562. The van der Waals surface area contributed by atoms with Crippen molar-refractivity contribution in [1.29, 1.82) is 0 Å². The molecule has 0 saturated heterocycles. The molecule has 1 amide bonds. The zero-order valence-corrected chi connectivity index (χ0v) is 11.0. The Morgan fingerprint density at radius 3 is 2.89 bits per heavy atom. The van der Waals surface area contributed by atoms with Crippen molar-refractivity contribution in [3.05, 3.63) is 35.4 Å². The van der Waals surface area contributed by atoms with Gasteiger partial charge < -0.3 is 11.1 Å². The molecule has 1 aromatic carbocycles. The molecular formula is C16H20N2O. The molecular weight excluding hydrogens is 236 g/mol. The maximum atomic E-state index is 12.2. The molecule has 3 nitrogen and oxygen atoms in total. The highest BCUT2D eigenvalue weighted by Gasteiger charge is 2.56. The molecule has 0 aliphatic heterocycles. The number of nitrogens with two attached hydrogens (primary N) is 1. The lowest BCUT2D eigenvalue weighted by Crippen LogP contribution is -2.34. The van der Waals surface area contributed by atoms with Gasteiger partial charge in [-0.05, 0) is 42.7 Å². The van der Waals surface area contributed by atoms with Gasteiger partial charge in [0, 0.05) is 23.9 Å². The van der Waals surface area contributed by atoms with Crippen LogP contribution < -0.4 is 11.1 Å². The third-order valence-corrected chi connectivity index (χ3v) is 5.19. The number of nitrogens with one attached hydrogen (secondary N) is 1. The summed E-state index contributed by atoms with van der Waals surface area (Å²) < 4.78 is 0. The van der Waals surface area contributed by atoms with Crippen LogP contribution in [0, 0.1) is 11.8 Å². The molecule has 3 heteroatoms. The summed E-state index contributed by atoms with van der Waals surface area (Å²) >= 11 is 0. The minimum Gasteiger partial charge on any atom is -0.352 e. The number of amides is 1. The smallest absolute Gasteiger partial charge is 0.223 e. The van der Waals surface area contributed by atoms with E-state index in [1.807, 2.05) is 0 Å². The van der Waals surface area contributed by atoms with Crippen LogP contribution in [0.1, 0.15) is 36.3 Å². The number of carbonyl (C=O) groups is 1. The lowest BCUT2D eigenvalue weighted by molar-refractivity contribution is -0.125. The summed E-state index contributed by atoms with van der Waals surface area (Å²) in [5.41, 5.74) is 8.82. The fourth-order valence-corrected chi connectivity index (χ4v) is 4.08. The van der Waals surface area contributed by atoms with E-state index in [1.165, 1.54) is 11.1 Å². The highest BCUT2D eigenvalue weighted by atomic mass is 16.2. The van der Waals surface area contributed by atoms with Gasteiger partial charge in [-0.1, -0.05) is 24.3 Å². The van der Waals surface area contributed by atoms with E-state index in [9.17, 15) is 4.79 Å². The minimum atomic E-state index is 0.159. The SMILES string of the molecule is NC1CCC(C(=O)NC2C3Cc4ccccc4C32)C1. The Morgan fingerprint density at radius 2 is 2.11 bits per heavy atom. The quantitative estimate of drug-likeness (QED) is 0.844. The first-order valence-corrected chi connectivity index (χ1v) is 7.38. The molecule has 1 aromatic rings. The van der Waals surface area contributed by atoms with Crippen molar-refractivity contribution in [2.45, 2.75) is 43.7 Å². The normalized spacial score (nSPS) is 38.7. The summed E-state index contributed by atoms with van der Waals surface area (Å²) in [4.78, 5) is 12.2. The summed E-state index contributed by atoms with van der Waals surface area (Å²) in [6.07, 6.45) is 3.96. The van der Waals surface area contributed by atoms with Gasteiger partial charge in [0.15, 0.2) is 0 Å². The molecule has 100 valence electrons. The van der Waals surface area contributed by atoms with Crippen LogP contribution >= 0.6 is 0 Å². The largest absolute Gasteiger partial charge is 0.352 e. The second-order valence-corrected chi connectivity index (χ2v) is 6.40. The third-order valence-electron chi connectivity index (χ3n) is 5.19. The van der Waals surface area contributed by atoms with Crippen molar-refractivity contribution in [3.8, 4) is 0 Å². The van der Waals surface area contributed by atoms with E-state index in [0.29, 0.717) is 17.9 Å². The van der Waals surface area contributed by atoms with E-state index in [4.69, 9.17) is 5.73 Å².